The summed E-state index contributed by atoms with van der Waals surface area (Å²) in [6.45, 7) is 5.66. The van der Waals surface area contributed by atoms with Crippen molar-refractivity contribution in [1.82, 2.24) is 20.6 Å². The van der Waals surface area contributed by atoms with Gasteiger partial charge in [-0.15, -0.1) is 0 Å². The summed E-state index contributed by atoms with van der Waals surface area (Å²) in [6.07, 6.45) is 8.34. The van der Waals surface area contributed by atoms with E-state index >= 15 is 0 Å². The third kappa shape index (κ3) is 4.22. The molecule has 3 fully saturated rings. The molecule has 0 spiro atoms. The van der Waals surface area contributed by atoms with Gasteiger partial charge in [0.15, 0.2) is 0 Å². The number of aromatic amines is 1. The summed E-state index contributed by atoms with van der Waals surface area (Å²) in [6, 6.07) is 20.6. The van der Waals surface area contributed by atoms with Gasteiger partial charge in [-0.25, -0.2) is 4.98 Å². The van der Waals surface area contributed by atoms with Gasteiger partial charge >= 0.3 is 0 Å². The molecule has 41 heavy (non-hydrogen) atoms. The van der Waals surface area contributed by atoms with Gasteiger partial charge in [0.2, 0.25) is 5.91 Å². The summed E-state index contributed by atoms with van der Waals surface area (Å²) in [5, 5.41) is 10.4. The Kier molecular flexibility index (Phi) is 5.87. The standard InChI is InChI=1S/C35H39N5O/c1-35(2)26-16-20(21-10-14-29-31(17-21)40-33(39-29)30-8-5-15-36-30)9-12-24(26)25-13-11-23(19-27(25)35)37-34(41)32-18-22-6-3-4-7-28(22)38-32/h9-14,16-17,19,22,28,30,32,36,38H,3-8,15,18H2,1-2H3,(H,37,41)(H,39,40)/t22?,28-,30?,32?/m0/s1. The molecule has 8 rings (SSSR count). The van der Waals surface area contributed by atoms with Crippen LogP contribution >= 0.6 is 0 Å². The average molecular weight is 546 g/mol. The molecule has 1 aromatic heterocycles. The molecule has 210 valence electrons. The number of rotatable bonds is 4. The Morgan fingerprint density at radius 3 is 2.51 bits per heavy atom. The smallest absolute Gasteiger partial charge is 0.241 e. The predicted molar refractivity (Wildman–Crippen MR) is 165 cm³/mol. The Morgan fingerprint density at radius 1 is 0.902 bits per heavy atom. The van der Waals surface area contributed by atoms with Gasteiger partial charge in [-0.3, -0.25) is 4.79 Å². The molecule has 2 saturated heterocycles. The van der Waals surface area contributed by atoms with E-state index in [1.165, 1.54) is 65.5 Å². The molecule has 1 saturated carbocycles. The van der Waals surface area contributed by atoms with Crippen LogP contribution in [0.3, 0.4) is 0 Å². The van der Waals surface area contributed by atoms with E-state index in [9.17, 15) is 4.79 Å². The highest BCUT2D eigenvalue weighted by molar-refractivity contribution is 5.96. The van der Waals surface area contributed by atoms with Gasteiger partial charge in [-0.1, -0.05) is 51.0 Å². The van der Waals surface area contributed by atoms with E-state index in [0.29, 0.717) is 18.0 Å². The SMILES string of the molecule is CC1(C)c2cc(NC(=O)C3CC4CCCC[C@@H]4N3)ccc2-c2ccc(-c3ccc4[nH]c(C5CCCN5)nc4c3)cc21. The first-order chi connectivity index (χ1) is 19.9. The molecule has 2 aliphatic heterocycles. The lowest BCUT2D eigenvalue weighted by Crippen LogP contribution is -2.39. The summed E-state index contributed by atoms with van der Waals surface area (Å²) in [5.74, 6) is 1.81. The van der Waals surface area contributed by atoms with Crippen molar-refractivity contribution in [2.24, 2.45) is 5.92 Å². The Hall–Kier alpha value is -3.48. The molecule has 0 radical (unpaired) electrons. The van der Waals surface area contributed by atoms with Crippen LogP contribution in [0.2, 0.25) is 0 Å². The first-order valence-electron chi connectivity index (χ1n) is 15.5. The largest absolute Gasteiger partial charge is 0.341 e. The maximum absolute atomic E-state index is 13.2. The van der Waals surface area contributed by atoms with Crippen LogP contribution in [0.25, 0.3) is 33.3 Å². The van der Waals surface area contributed by atoms with E-state index in [1.807, 2.05) is 0 Å². The molecule has 0 bridgehead atoms. The van der Waals surface area contributed by atoms with E-state index in [0.717, 1.165) is 41.9 Å². The number of hydrogen-bond donors (Lipinski definition) is 4. The van der Waals surface area contributed by atoms with E-state index < -0.39 is 0 Å². The molecule has 4 atom stereocenters. The second-order valence-corrected chi connectivity index (χ2v) is 13.2. The van der Waals surface area contributed by atoms with Crippen LogP contribution in [0, 0.1) is 5.92 Å². The van der Waals surface area contributed by atoms with Crippen molar-refractivity contribution in [3.63, 3.8) is 0 Å². The highest BCUT2D eigenvalue weighted by Gasteiger charge is 2.39. The van der Waals surface area contributed by atoms with Gasteiger partial charge in [0, 0.05) is 17.1 Å². The van der Waals surface area contributed by atoms with E-state index in [1.54, 1.807) is 0 Å². The summed E-state index contributed by atoms with van der Waals surface area (Å²) in [7, 11) is 0. The molecule has 1 amide bonds. The third-order valence-corrected chi connectivity index (χ3v) is 10.3. The van der Waals surface area contributed by atoms with E-state index in [2.05, 4.69) is 89.4 Å². The van der Waals surface area contributed by atoms with Crippen molar-refractivity contribution >= 4 is 22.6 Å². The maximum atomic E-state index is 13.2. The molecular weight excluding hydrogens is 506 g/mol. The molecule has 4 N–H and O–H groups in total. The van der Waals surface area contributed by atoms with Gasteiger partial charge in [0.1, 0.15) is 5.82 Å². The van der Waals surface area contributed by atoms with Crippen LogP contribution in [0.4, 0.5) is 5.69 Å². The number of nitrogens with zero attached hydrogens (tertiary/aromatic N) is 1. The summed E-state index contributed by atoms with van der Waals surface area (Å²) < 4.78 is 0. The van der Waals surface area contributed by atoms with Crippen LogP contribution in [0.15, 0.2) is 54.6 Å². The first kappa shape index (κ1) is 25.2. The fourth-order valence-electron chi connectivity index (χ4n) is 8.03. The van der Waals surface area contributed by atoms with Crippen LogP contribution in [-0.4, -0.2) is 34.5 Å². The Balaban J connectivity index is 1.05. The normalized spacial score (nSPS) is 26.1. The van der Waals surface area contributed by atoms with Crippen molar-refractivity contribution in [2.75, 3.05) is 11.9 Å². The molecular formula is C35H39N5O. The molecule has 6 heteroatoms. The van der Waals surface area contributed by atoms with Crippen molar-refractivity contribution in [3.05, 3.63) is 71.5 Å². The second-order valence-electron chi connectivity index (χ2n) is 13.2. The number of aromatic nitrogens is 2. The molecule has 3 aromatic carbocycles. The quantitative estimate of drug-likeness (QED) is 0.227. The number of anilines is 1. The lowest BCUT2D eigenvalue weighted by atomic mass is 9.81. The number of H-pyrrole nitrogens is 1. The zero-order valence-corrected chi connectivity index (χ0v) is 24.0. The van der Waals surface area contributed by atoms with Crippen LogP contribution in [0.5, 0.6) is 0 Å². The van der Waals surface area contributed by atoms with Crippen molar-refractivity contribution < 1.29 is 4.79 Å². The van der Waals surface area contributed by atoms with Crippen molar-refractivity contribution in [2.45, 2.75) is 82.3 Å². The summed E-state index contributed by atoms with van der Waals surface area (Å²) in [4.78, 5) is 21.7. The third-order valence-electron chi connectivity index (χ3n) is 10.3. The topological polar surface area (TPSA) is 81.8 Å². The highest BCUT2D eigenvalue weighted by atomic mass is 16.2. The Morgan fingerprint density at radius 2 is 1.68 bits per heavy atom. The molecule has 3 heterocycles. The lowest BCUT2D eigenvalue weighted by molar-refractivity contribution is -0.117. The van der Waals surface area contributed by atoms with Gasteiger partial charge in [-0.2, -0.15) is 0 Å². The highest BCUT2D eigenvalue weighted by Crippen LogP contribution is 2.50. The van der Waals surface area contributed by atoms with Gasteiger partial charge in [-0.05, 0) is 108 Å². The minimum absolute atomic E-state index is 0.0820. The zero-order valence-electron chi connectivity index (χ0n) is 24.0. The molecule has 4 aliphatic rings. The summed E-state index contributed by atoms with van der Waals surface area (Å²) >= 11 is 0. The monoisotopic (exact) mass is 545 g/mol. The fourth-order valence-corrected chi connectivity index (χ4v) is 8.03. The number of carbonyl (C=O) groups excluding carboxylic acids is 1. The molecule has 2 aliphatic carbocycles. The first-order valence-corrected chi connectivity index (χ1v) is 15.5. The number of fused-ring (bicyclic) bond motifs is 5. The van der Waals surface area contributed by atoms with E-state index in [-0.39, 0.29) is 17.4 Å². The fraction of sp³-hybridized carbons (Fsp3) is 0.429. The lowest BCUT2D eigenvalue weighted by Gasteiger charge is -2.24. The maximum Gasteiger partial charge on any atom is 0.241 e. The minimum Gasteiger partial charge on any atom is -0.341 e. The number of imidazole rings is 1. The van der Waals surface area contributed by atoms with Gasteiger partial charge in [0.25, 0.3) is 0 Å². The summed E-state index contributed by atoms with van der Waals surface area (Å²) in [5.41, 5.74) is 10.4. The van der Waals surface area contributed by atoms with Crippen molar-refractivity contribution in [1.29, 1.82) is 0 Å². The zero-order chi connectivity index (χ0) is 27.7. The Bertz CT molecular complexity index is 1650. The van der Waals surface area contributed by atoms with Crippen molar-refractivity contribution in [3.8, 4) is 22.3 Å². The Labute approximate surface area is 241 Å². The number of amides is 1. The van der Waals surface area contributed by atoms with E-state index in [4.69, 9.17) is 4.98 Å². The number of nitrogens with one attached hydrogen (secondary N) is 4. The van der Waals surface area contributed by atoms with Gasteiger partial charge < -0.3 is 20.9 Å². The molecule has 3 unspecified atom stereocenters. The molecule has 4 aromatic rings. The minimum atomic E-state index is -0.167. The van der Waals surface area contributed by atoms with Crippen LogP contribution < -0.4 is 16.0 Å². The number of hydrogen-bond acceptors (Lipinski definition) is 4. The van der Waals surface area contributed by atoms with Crippen LogP contribution in [0.1, 0.15) is 81.8 Å². The van der Waals surface area contributed by atoms with Crippen LogP contribution in [-0.2, 0) is 10.2 Å². The van der Waals surface area contributed by atoms with Gasteiger partial charge in [0.05, 0.1) is 23.1 Å². The average Bonchev–Trinajstić information content (AvgIpc) is 3.78. The number of benzene rings is 3. The number of carbonyl (C=O) groups is 1. The second kappa shape index (κ2) is 9.53. The predicted octanol–water partition coefficient (Wildman–Crippen LogP) is 6.82. The molecule has 6 nitrogen and oxygen atoms in total.